The Morgan fingerprint density at radius 1 is 1.35 bits per heavy atom. The van der Waals surface area contributed by atoms with E-state index in [4.69, 9.17) is 18.6 Å². The number of furan rings is 1. The van der Waals surface area contributed by atoms with E-state index in [0.717, 1.165) is 0 Å². The number of methoxy groups -OCH3 is 1. The van der Waals surface area contributed by atoms with Crippen molar-refractivity contribution < 1.29 is 23.4 Å². The van der Waals surface area contributed by atoms with Crippen LogP contribution in [0.5, 0.6) is 0 Å². The van der Waals surface area contributed by atoms with E-state index >= 15 is 0 Å². The van der Waals surface area contributed by atoms with Gasteiger partial charge in [-0.15, -0.1) is 0 Å². The number of hydrogen-bond acceptors (Lipinski definition) is 5. The van der Waals surface area contributed by atoms with Gasteiger partial charge in [0.25, 0.3) is 0 Å². The van der Waals surface area contributed by atoms with Gasteiger partial charge in [0.15, 0.2) is 0 Å². The maximum atomic E-state index is 12.4. The van der Waals surface area contributed by atoms with Crippen LogP contribution in [0.2, 0.25) is 0 Å². The third kappa shape index (κ3) is 6.62. The smallest absolute Gasteiger partial charge is 0.410 e. The van der Waals surface area contributed by atoms with E-state index in [1.165, 1.54) is 0 Å². The molecule has 0 spiro atoms. The highest BCUT2D eigenvalue weighted by Gasteiger charge is 2.32. The van der Waals surface area contributed by atoms with E-state index in [0.29, 0.717) is 25.6 Å². The molecule has 2 atom stereocenters. The molecule has 6 nitrogen and oxygen atoms in total. The predicted octanol–water partition coefficient (Wildman–Crippen LogP) is 3.49. The first-order valence-electron chi connectivity index (χ1n) is 7.82. The van der Waals surface area contributed by atoms with E-state index in [9.17, 15) is 4.79 Å². The Balaban J connectivity index is 2.78. The molecule has 0 N–H and O–H groups in total. The second kappa shape index (κ2) is 8.93. The molecule has 1 rings (SSSR count). The molecule has 0 saturated heterocycles. The molecular weight excluding hydrogens is 298 g/mol. The van der Waals surface area contributed by atoms with E-state index in [2.05, 4.69) is 0 Å². The summed E-state index contributed by atoms with van der Waals surface area (Å²) in [6.07, 6.45) is 1.21. The van der Waals surface area contributed by atoms with Gasteiger partial charge in [0, 0.05) is 20.1 Å². The fourth-order valence-corrected chi connectivity index (χ4v) is 2.26. The topological polar surface area (TPSA) is 61.1 Å². The summed E-state index contributed by atoms with van der Waals surface area (Å²) >= 11 is 0. The van der Waals surface area contributed by atoms with Crippen molar-refractivity contribution in [3.63, 3.8) is 0 Å². The van der Waals surface area contributed by atoms with Crippen LogP contribution in [0.1, 0.15) is 39.5 Å². The van der Waals surface area contributed by atoms with Crippen molar-refractivity contribution in [2.45, 2.75) is 39.3 Å². The second-order valence-corrected chi connectivity index (χ2v) is 6.60. The van der Waals surface area contributed by atoms with Crippen LogP contribution in [-0.2, 0) is 14.2 Å². The molecule has 0 aromatic carbocycles. The minimum Gasteiger partial charge on any atom is -0.467 e. The van der Waals surface area contributed by atoms with Crippen molar-refractivity contribution in [3.05, 3.63) is 24.2 Å². The largest absolute Gasteiger partial charge is 0.467 e. The first-order chi connectivity index (χ1) is 10.8. The number of carbonyl (C=O) groups excluding carboxylic acids is 1. The second-order valence-electron chi connectivity index (χ2n) is 6.60. The average molecular weight is 327 g/mol. The third-order valence-electron chi connectivity index (χ3n) is 3.28. The van der Waals surface area contributed by atoms with Gasteiger partial charge < -0.3 is 23.5 Å². The highest BCUT2D eigenvalue weighted by atomic mass is 16.6. The molecule has 1 amide bonds. The molecule has 132 valence electrons. The number of hydrogen-bond donors (Lipinski definition) is 0. The van der Waals surface area contributed by atoms with Crippen molar-refractivity contribution in [2.75, 3.05) is 34.0 Å². The lowest BCUT2D eigenvalue weighted by molar-refractivity contribution is -0.000279. The molecule has 0 aliphatic carbocycles. The van der Waals surface area contributed by atoms with Crippen LogP contribution in [0.3, 0.4) is 0 Å². The van der Waals surface area contributed by atoms with Gasteiger partial charge in [0.05, 0.1) is 32.1 Å². The van der Waals surface area contributed by atoms with Crippen molar-refractivity contribution in [2.24, 2.45) is 5.92 Å². The molecule has 23 heavy (non-hydrogen) atoms. The van der Waals surface area contributed by atoms with Gasteiger partial charge in [0.1, 0.15) is 11.4 Å². The van der Waals surface area contributed by atoms with Crippen LogP contribution in [0.15, 0.2) is 22.8 Å². The summed E-state index contributed by atoms with van der Waals surface area (Å²) < 4.78 is 21.5. The van der Waals surface area contributed by atoms with Crippen molar-refractivity contribution >= 4 is 6.09 Å². The maximum Gasteiger partial charge on any atom is 0.410 e. The molecule has 6 heteroatoms. The summed E-state index contributed by atoms with van der Waals surface area (Å²) in [5, 5.41) is 0. The molecular formula is C17H29NO5. The van der Waals surface area contributed by atoms with Gasteiger partial charge in [-0.05, 0) is 32.9 Å². The van der Waals surface area contributed by atoms with Crippen LogP contribution in [-0.4, -0.2) is 50.6 Å². The number of nitrogens with zero attached hydrogens (tertiary/aromatic N) is 1. The zero-order valence-corrected chi connectivity index (χ0v) is 15.0. The van der Waals surface area contributed by atoms with Crippen LogP contribution >= 0.6 is 0 Å². The monoisotopic (exact) mass is 327 g/mol. The van der Waals surface area contributed by atoms with Gasteiger partial charge in [-0.2, -0.15) is 0 Å². The van der Waals surface area contributed by atoms with Gasteiger partial charge >= 0.3 is 6.09 Å². The molecule has 0 bridgehead atoms. The lowest BCUT2D eigenvalue weighted by Crippen LogP contribution is -2.39. The summed E-state index contributed by atoms with van der Waals surface area (Å²) in [4.78, 5) is 13.9. The van der Waals surface area contributed by atoms with Crippen LogP contribution in [0.4, 0.5) is 4.79 Å². The summed E-state index contributed by atoms with van der Waals surface area (Å²) in [5.41, 5.74) is -0.544. The van der Waals surface area contributed by atoms with Crippen molar-refractivity contribution in [3.8, 4) is 0 Å². The average Bonchev–Trinajstić information content (AvgIpc) is 2.95. The van der Waals surface area contributed by atoms with Gasteiger partial charge in [-0.3, -0.25) is 0 Å². The number of ether oxygens (including phenoxy) is 3. The first-order valence-corrected chi connectivity index (χ1v) is 7.82. The Bertz CT molecular complexity index is 452. The van der Waals surface area contributed by atoms with Crippen LogP contribution < -0.4 is 0 Å². The molecule has 0 fully saturated rings. The Morgan fingerprint density at radius 2 is 2.04 bits per heavy atom. The number of rotatable bonds is 8. The zero-order valence-electron chi connectivity index (χ0n) is 15.0. The quantitative estimate of drug-likeness (QED) is 0.684. The van der Waals surface area contributed by atoms with Gasteiger partial charge in [-0.25, -0.2) is 4.79 Å². The number of amides is 1. The predicted molar refractivity (Wildman–Crippen MR) is 87.3 cm³/mol. The minimum atomic E-state index is -0.544. The Labute approximate surface area is 138 Å². The molecule has 0 radical (unpaired) electrons. The molecule has 1 aromatic heterocycles. The lowest BCUT2D eigenvalue weighted by atomic mass is 9.99. The third-order valence-corrected chi connectivity index (χ3v) is 3.28. The summed E-state index contributed by atoms with van der Waals surface area (Å²) in [6, 6.07) is 3.41. The highest BCUT2D eigenvalue weighted by molar-refractivity contribution is 5.68. The van der Waals surface area contributed by atoms with E-state index in [1.807, 2.05) is 39.8 Å². The fourth-order valence-electron chi connectivity index (χ4n) is 2.26. The van der Waals surface area contributed by atoms with Crippen LogP contribution in [0.25, 0.3) is 0 Å². The normalized spacial score (nSPS) is 14.3. The van der Waals surface area contributed by atoms with Gasteiger partial charge in [-0.1, -0.05) is 6.92 Å². The fraction of sp³-hybridized carbons (Fsp3) is 0.706. The van der Waals surface area contributed by atoms with E-state index < -0.39 is 5.60 Å². The Kier molecular flexibility index (Phi) is 7.58. The molecule has 0 saturated carbocycles. The highest BCUT2D eigenvalue weighted by Crippen LogP contribution is 2.29. The van der Waals surface area contributed by atoms with Crippen molar-refractivity contribution in [1.82, 2.24) is 4.90 Å². The molecule has 1 unspecified atom stereocenters. The molecule has 1 aromatic rings. The molecule has 1 heterocycles. The molecule has 0 aliphatic rings. The summed E-state index contributed by atoms with van der Waals surface area (Å²) in [5.74, 6) is 0.747. The zero-order chi connectivity index (χ0) is 17.5. The Morgan fingerprint density at radius 3 is 2.57 bits per heavy atom. The van der Waals surface area contributed by atoms with E-state index in [1.54, 1.807) is 25.3 Å². The SMILES string of the molecule is COCCOCC(C)[C@@H](c1ccco1)N(C)C(=O)OC(C)(C)C. The standard InChI is InChI=1S/C17H29NO5/c1-13(12-21-11-10-20-6)15(14-8-7-9-22-14)18(5)16(19)23-17(2,3)4/h7-9,13,15H,10-12H2,1-6H3/t13?,15-/m0/s1. The van der Waals surface area contributed by atoms with E-state index in [-0.39, 0.29) is 18.1 Å². The minimum absolute atomic E-state index is 0.0375. The first kappa shape index (κ1) is 19.5. The molecule has 0 aliphatic heterocycles. The lowest BCUT2D eigenvalue weighted by Gasteiger charge is -2.33. The number of carbonyl (C=O) groups is 1. The Hall–Kier alpha value is -1.53. The van der Waals surface area contributed by atoms with Crippen LogP contribution in [0, 0.1) is 5.92 Å². The van der Waals surface area contributed by atoms with Crippen molar-refractivity contribution in [1.29, 1.82) is 0 Å². The summed E-state index contributed by atoms with van der Waals surface area (Å²) in [7, 11) is 3.35. The maximum absolute atomic E-state index is 12.4. The summed E-state index contributed by atoms with van der Waals surface area (Å²) in [6.45, 7) is 9.10. The van der Waals surface area contributed by atoms with Gasteiger partial charge in [0.2, 0.25) is 0 Å².